The van der Waals surface area contributed by atoms with Crippen LogP contribution in [-0.4, -0.2) is 37.7 Å². The van der Waals surface area contributed by atoms with E-state index in [0.29, 0.717) is 33.8 Å². The molecule has 5 rings (SSSR count). The van der Waals surface area contributed by atoms with Gasteiger partial charge in [-0.2, -0.15) is 5.10 Å². The molecular weight excluding hydrogens is 428 g/mol. The lowest BCUT2D eigenvalue weighted by Gasteiger charge is -2.14. The van der Waals surface area contributed by atoms with Gasteiger partial charge in [0, 0.05) is 47.1 Å². The number of ether oxygens (including phenoxy) is 1. The van der Waals surface area contributed by atoms with Crippen LogP contribution in [0.3, 0.4) is 0 Å². The number of hydrogen-bond donors (Lipinski definition) is 1. The molecule has 0 aliphatic rings. The van der Waals surface area contributed by atoms with Gasteiger partial charge in [-0.1, -0.05) is 30.3 Å². The van der Waals surface area contributed by atoms with Gasteiger partial charge >= 0.3 is 0 Å². The highest BCUT2D eigenvalue weighted by Gasteiger charge is 2.21. The molecule has 0 unspecified atom stereocenters. The number of aryl methyl sites for hydroxylation is 2. The molecule has 3 aromatic heterocycles. The van der Waals surface area contributed by atoms with Crippen LogP contribution in [0.4, 0.5) is 0 Å². The van der Waals surface area contributed by atoms with Gasteiger partial charge in [0.25, 0.3) is 5.91 Å². The molecule has 1 amide bonds. The Kier molecular flexibility index (Phi) is 5.25. The van der Waals surface area contributed by atoms with Crippen molar-refractivity contribution in [2.24, 2.45) is 12.8 Å². The van der Waals surface area contributed by atoms with Crippen molar-refractivity contribution in [1.82, 2.24) is 24.7 Å². The standard InChI is InChI=1S/C26H22N6O2/c1-15-9-10-17(26(27)33)25(30-15)19-11-18-21(12-22(19)34-3)28-14-29-24(18)20-13-32(2)31-23(20)16-7-5-4-6-8-16/h4-14H,1-3H3,(H2,27,33). The van der Waals surface area contributed by atoms with Crippen molar-refractivity contribution in [1.29, 1.82) is 0 Å². The van der Waals surface area contributed by atoms with Crippen molar-refractivity contribution in [3.05, 3.63) is 78.4 Å². The van der Waals surface area contributed by atoms with Gasteiger partial charge in [-0.15, -0.1) is 0 Å². The molecule has 8 nitrogen and oxygen atoms in total. The first-order valence-electron chi connectivity index (χ1n) is 10.7. The van der Waals surface area contributed by atoms with E-state index in [4.69, 9.17) is 10.5 Å². The summed E-state index contributed by atoms with van der Waals surface area (Å²) >= 11 is 0. The van der Waals surface area contributed by atoms with Crippen molar-refractivity contribution < 1.29 is 9.53 Å². The third-order valence-corrected chi connectivity index (χ3v) is 5.64. The van der Waals surface area contributed by atoms with Gasteiger partial charge in [0.1, 0.15) is 17.8 Å². The van der Waals surface area contributed by atoms with E-state index in [1.807, 2.05) is 62.6 Å². The van der Waals surface area contributed by atoms with Crippen molar-refractivity contribution in [3.8, 4) is 39.5 Å². The number of pyridine rings is 1. The van der Waals surface area contributed by atoms with Crippen LogP contribution in [0.25, 0.3) is 44.7 Å². The molecule has 2 aromatic carbocycles. The molecule has 0 bridgehead atoms. The molecule has 3 heterocycles. The van der Waals surface area contributed by atoms with Crippen LogP contribution < -0.4 is 10.5 Å². The number of nitrogens with zero attached hydrogens (tertiary/aromatic N) is 5. The number of carbonyl (C=O) groups excluding carboxylic acids is 1. The summed E-state index contributed by atoms with van der Waals surface area (Å²) in [6, 6.07) is 17.1. The van der Waals surface area contributed by atoms with E-state index in [9.17, 15) is 4.79 Å². The summed E-state index contributed by atoms with van der Waals surface area (Å²) in [5.41, 5.74) is 11.9. The number of amides is 1. The molecule has 0 aliphatic heterocycles. The van der Waals surface area contributed by atoms with Gasteiger partial charge in [-0.25, -0.2) is 9.97 Å². The Balaban J connectivity index is 1.81. The third-order valence-electron chi connectivity index (χ3n) is 5.64. The van der Waals surface area contributed by atoms with Crippen LogP contribution in [-0.2, 0) is 7.05 Å². The van der Waals surface area contributed by atoms with Crippen LogP contribution in [0.1, 0.15) is 16.1 Å². The highest BCUT2D eigenvalue weighted by atomic mass is 16.5. The first-order valence-corrected chi connectivity index (χ1v) is 10.7. The smallest absolute Gasteiger partial charge is 0.250 e. The minimum Gasteiger partial charge on any atom is -0.496 e. The minimum absolute atomic E-state index is 0.313. The van der Waals surface area contributed by atoms with E-state index >= 15 is 0 Å². The SMILES string of the molecule is COc1cc2ncnc(-c3cn(C)nc3-c3ccccc3)c2cc1-c1nc(C)ccc1C(N)=O. The van der Waals surface area contributed by atoms with Gasteiger partial charge in [0.15, 0.2) is 0 Å². The van der Waals surface area contributed by atoms with Crippen LogP contribution in [0.15, 0.2) is 67.1 Å². The molecule has 0 radical (unpaired) electrons. The highest BCUT2D eigenvalue weighted by Crippen LogP contribution is 2.39. The van der Waals surface area contributed by atoms with Gasteiger partial charge in [-0.3, -0.25) is 14.5 Å². The van der Waals surface area contributed by atoms with E-state index in [1.165, 1.54) is 6.33 Å². The molecule has 0 fully saturated rings. The first-order chi connectivity index (χ1) is 16.5. The Hall–Kier alpha value is -4.59. The summed E-state index contributed by atoms with van der Waals surface area (Å²) in [5, 5.41) is 5.47. The number of rotatable bonds is 5. The Morgan fingerprint density at radius 3 is 2.50 bits per heavy atom. The fraction of sp³-hybridized carbons (Fsp3) is 0.115. The Bertz CT molecular complexity index is 1540. The lowest BCUT2D eigenvalue weighted by molar-refractivity contribution is 0.100. The lowest BCUT2D eigenvalue weighted by Crippen LogP contribution is -2.13. The zero-order chi connectivity index (χ0) is 23.8. The van der Waals surface area contributed by atoms with Crippen LogP contribution in [0, 0.1) is 6.92 Å². The number of hydrogen-bond acceptors (Lipinski definition) is 6. The van der Waals surface area contributed by atoms with Crippen LogP contribution in [0.5, 0.6) is 5.75 Å². The predicted octanol–water partition coefficient (Wildman–Crippen LogP) is 4.18. The zero-order valence-electron chi connectivity index (χ0n) is 19.0. The van der Waals surface area contributed by atoms with Gasteiger partial charge in [0.2, 0.25) is 0 Å². The maximum atomic E-state index is 12.2. The van der Waals surface area contributed by atoms with Gasteiger partial charge < -0.3 is 10.5 Å². The molecule has 5 aromatic rings. The van der Waals surface area contributed by atoms with Crippen LogP contribution in [0.2, 0.25) is 0 Å². The van der Waals surface area contributed by atoms with Crippen molar-refractivity contribution in [2.45, 2.75) is 6.92 Å². The van der Waals surface area contributed by atoms with Gasteiger partial charge in [-0.05, 0) is 25.1 Å². The second-order valence-corrected chi connectivity index (χ2v) is 7.94. The molecule has 0 saturated carbocycles. The maximum Gasteiger partial charge on any atom is 0.250 e. The number of primary amides is 1. The molecule has 0 saturated heterocycles. The van der Waals surface area contributed by atoms with Crippen molar-refractivity contribution in [3.63, 3.8) is 0 Å². The fourth-order valence-electron chi connectivity index (χ4n) is 4.08. The summed E-state index contributed by atoms with van der Waals surface area (Å²) in [7, 11) is 3.45. The molecular formula is C26H22N6O2. The lowest BCUT2D eigenvalue weighted by atomic mass is 9.98. The van der Waals surface area contributed by atoms with E-state index in [2.05, 4.69) is 20.1 Å². The zero-order valence-corrected chi connectivity index (χ0v) is 19.0. The third kappa shape index (κ3) is 3.65. The Morgan fingerprint density at radius 2 is 1.76 bits per heavy atom. The normalized spacial score (nSPS) is 11.0. The quantitative estimate of drug-likeness (QED) is 0.430. The van der Waals surface area contributed by atoms with Crippen molar-refractivity contribution in [2.75, 3.05) is 7.11 Å². The largest absolute Gasteiger partial charge is 0.496 e. The Labute approximate surface area is 196 Å². The topological polar surface area (TPSA) is 109 Å². The summed E-state index contributed by atoms with van der Waals surface area (Å²) in [4.78, 5) is 25.9. The first kappa shape index (κ1) is 21.3. The molecule has 0 spiro atoms. The summed E-state index contributed by atoms with van der Waals surface area (Å²) in [6.07, 6.45) is 3.46. The van der Waals surface area contributed by atoms with E-state index in [1.54, 1.807) is 23.9 Å². The average molecular weight is 451 g/mol. The molecule has 34 heavy (non-hydrogen) atoms. The van der Waals surface area contributed by atoms with E-state index < -0.39 is 5.91 Å². The predicted molar refractivity (Wildman–Crippen MR) is 130 cm³/mol. The highest BCUT2D eigenvalue weighted by molar-refractivity contribution is 6.03. The number of benzene rings is 2. The second-order valence-electron chi connectivity index (χ2n) is 7.94. The molecule has 8 heteroatoms. The maximum absolute atomic E-state index is 12.2. The fourth-order valence-corrected chi connectivity index (χ4v) is 4.08. The molecule has 2 N–H and O–H groups in total. The number of aromatic nitrogens is 5. The molecule has 168 valence electrons. The summed E-state index contributed by atoms with van der Waals surface area (Å²) < 4.78 is 7.42. The molecule has 0 atom stereocenters. The average Bonchev–Trinajstić information content (AvgIpc) is 3.24. The number of carbonyl (C=O) groups is 1. The van der Waals surface area contributed by atoms with E-state index in [-0.39, 0.29) is 0 Å². The second kappa shape index (κ2) is 8.40. The monoisotopic (exact) mass is 450 g/mol. The van der Waals surface area contributed by atoms with Gasteiger partial charge in [0.05, 0.1) is 29.6 Å². The Morgan fingerprint density at radius 1 is 0.971 bits per heavy atom. The number of nitrogens with two attached hydrogens (primary N) is 1. The minimum atomic E-state index is -0.562. The number of methoxy groups -OCH3 is 1. The van der Waals surface area contributed by atoms with E-state index in [0.717, 1.165) is 27.9 Å². The van der Waals surface area contributed by atoms with Crippen molar-refractivity contribution >= 4 is 16.8 Å². The number of fused-ring (bicyclic) bond motifs is 1. The molecule has 0 aliphatic carbocycles. The summed E-state index contributed by atoms with van der Waals surface area (Å²) in [5.74, 6) is -0.0278. The summed E-state index contributed by atoms with van der Waals surface area (Å²) in [6.45, 7) is 1.86. The van der Waals surface area contributed by atoms with Crippen LogP contribution >= 0.6 is 0 Å².